The zero-order valence-electron chi connectivity index (χ0n) is 15.9. The van der Waals surface area contributed by atoms with Gasteiger partial charge in [0.2, 0.25) is 5.91 Å². The molecule has 148 valence electrons. The molecule has 0 atom stereocenters. The molecule has 0 unspecified atom stereocenters. The SMILES string of the molecule is COc1ccc(NC(=O)Cn2c(=O)n(C(C)C)c(=O)c3nscc32)cc1OC. The van der Waals surface area contributed by atoms with Crippen LogP contribution >= 0.6 is 11.5 Å². The molecular formula is C18H20N4O5S. The summed E-state index contributed by atoms with van der Waals surface area (Å²) >= 11 is 1.07. The van der Waals surface area contributed by atoms with E-state index in [1.165, 1.54) is 18.8 Å². The molecule has 0 spiro atoms. The van der Waals surface area contributed by atoms with E-state index in [1.54, 1.807) is 37.4 Å². The highest BCUT2D eigenvalue weighted by Crippen LogP contribution is 2.29. The van der Waals surface area contributed by atoms with Gasteiger partial charge in [-0.15, -0.1) is 0 Å². The number of methoxy groups -OCH3 is 2. The van der Waals surface area contributed by atoms with Crippen LogP contribution in [0.3, 0.4) is 0 Å². The standard InChI is InChI=1S/C18H20N4O5S/c1-10(2)22-17(24)16-12(9-28-20-16)21(18(22)25)8-15(23)19-11-5-6-13(26-3)14(7-11)27-4/h5-7,9-10H,8H2,1-4H3,(H,19,23). The number of fused-ring (bicyclic) bond motifs is 1. The monoisotopic (exact) mass is 404 g/mol. The lowest BCUT2D eigenvalue weighted by molar-refractivity contribution is -0.116. The first-order valence-electron chi connectivity index (χ1n) is 8.48. The molecule has 0 aliphatic heterocycles. The Kier molecular flexibility index (Phi) is 5.50. The maximum atomic E-state index is 12.8. The van der Waals surface area contributed by atoms with Gasteiger partial charge in [0.1, 0.15) is 6.54 Å². The van der Waals surface area contributed by atoms with E-state index >= 15 is 0 Å². The molecule has 0 aliphatic rings. The van der Waals surface area contributed by atoms with Crippen molar-refractivity contribution in [1.82, 2.24) is 13.5 Å². The van der Waals surface area contributed by atoms with Crippen molar-refractivity contribution in [3.8, 4) is 11.5 Å². The Hall–Kier alpha value is -3.14. The van der Waals surface area contributed by atoms with Crippen molar-refractivity contribution in [3.05, 3.63) is 44.4 Å². The second-order valence-electron chi connectivity index (χ2n) is 6.30. The Morgan fingerprint density at radius 1 is 1.21 bits per heavy atom. The van der Waals surface area contributed by atoms with Crippen LogP contribution in [0.25, 0.3) is 11.0 Å². The van der Waals surface area contributed by atoms with Crippen molar-refractivity contribution in [2.24, 2.45) is 0 Å². The summed E-state index contributed by atoms with van der Waals surface area (Å²) < 4.78 is 16.8. The Morgan fingerprint density at radius 3 is 2.57 bits per heavy atom. The number of aromatic nitrogens is 3. The van der Waals surface area contributed by atoms with E-state index < -0.39 is 17.2 Å². The Balaban J connectivity index is 1.95. The molecule has 3 aromatic rings. The normalized spacial score (nSPS) is 11.0. The molecule has 0 saturated heterocycles. The predicted molar refractivity (Wildman–Crippen MR) is 107 cm³/mol. The average Bonchev–Trinajstić information content (AvgIpc) is 3.15. The van der Waals surface area contributed by atoms with Gasteiger partial charge in [0.15, 0.2) is 17.0 Å². The molecule has 0 radical (unpaired) electrons. The van der Waals surface area contributed by atoms with Crippen molar-refractivity contribution < 1.29 is 14.3 Å². The minimum Gasteiger partial charge on any atom is -0.493 e. The molecule has 2 heterocycles. The number of benzene rings is 1. The fraction of sp³-hybridized carbons (Fsp3) is 0.333. The van der Waals surface area contributed by atoms with E-state index in [-0.39, 0.29) is 18.1 Å². The zero-order chi connectivity index (χ0) is 20.4. The third kappa shape index (κ3) is 3.50. The van der Waals surface area contributed by atoms with Gasteiger partial charge in [-0.05, 0) is 37.5 Å². The summed E-state index contributed by atoms with van der Waals surface area (Å²) in [5.74, 6) is 0.581. The molecule has 0 fully saturated rings. The number of hydrogen-bond donors (Lipinski definition) is 1. The molecule has 1 amide bonds. The molecule has 0 bridgehead atoms. The first-order chi connectivity index (χ1) is 13.4. The van der Waals surface area contributed by atoms with E-state index in [0.717, 1.165) is 16.1 Å². The summed E-state index contributed by atoms with van der Waals surface area (Å²) in [5, 5.41) is 4.32. The lowest BCUT2D eigenvalue weighted by Crippen LogP contribution is -2.42. The van der Waals surface area contributed by atoms with Crippen LogP contribution in [-0.2, 0) is 11.3 Å². The second kappa shape index (κ2) is 7.85. The van der Waals surface area contributed by atoms with Gasteiger partial charge in [0.05, 0.1) is 19.7 Å². The van der Waals surface area contributed by atoms with Gasteiger partial charge in [-0.2, -0.15) is 4.37 Å². The van der Waals surface area contributed by atoms with Crippen molar-refractivity contribution in [3.63, 3.8) is 0 Å². The molecule has 0 aliphatic carbocycles. The minimum absolute atomic E-state index is 0.178. The summed E-state index contributed by atoms with van der Waals surface area (Å²) in [6.07, 6.45) is 0. The lowest BCUT2D eigenvalue weighted by atomic mass is 10.2. The van der Waals surface area contributed by atoms with Gasteiger partial charge >= 0.3 is 5.69 Å². The van der Waals surface area contributed by atoms with Crippen molar-refractivity contribution in [2.45, 2.75) is 26.4 Å². The highest BCUT2D eigenvalue weighted by atomic mass is 32.1. The summed E-state index contributed by atoms with van der Waals surface area (Å²) in [5.41, 5.74) is 0.0205. The molecular weight excluding hydrogens is 384 g/mol. The van der Waals surface area contributed by atoms with Gasteiger partial charge in [-0.1, -0.05) is 0 Å². The maximum Gasteiger partial charge on any atom is 0.332 e. The smallest absolute Gasteiger partial charge is 0.332 e. The van der Waals surface area contributed by atoms with E-state index in [2.05, 4.69) is 9.69 Å². The van der Waals surface area contributed by atoms with Crippen LogP contribution in [0.15, 0.2) is 33.2 Å². The van der Waals surface area contributed by atoms with Crippen LogP contribution in [0.1, 0.15) is 19.9 Å². The highest BCUT2D eigenvalue weighted by molar-refractivity contribution is 7.04. The number of carbonyl (C=O) groups is 1. The minimum atomic E-state index is -0.546. The highest BCUT2D eigenvalue weighted by Gasteiger charge is 2.19. The van der Waals surface area contributed by atoms with Crippen molar-refractivity contribution in [1.29, 1.82) is 0 Å². The third-order valence-corrected chi connectivity index (χ3v) is 4.80. The first kappa shape index (κ1) is 19.6. The number of carbonyl (C=O) groups excluding carboxylic acids is 1. The number of ether oxygens (including phenoxy) is 2. The fourth-order valence-electron chi connectivity index (χ4n) is 2.87. The number of nitrogens with one attached hydrogen (secondary N) is 1. The van der Waals surface area contributed by atoms with Gasteiger partial charge < -0.3 is 14.8 Å². The van der Waals surface area contributed by atoms with Crippen molar-refractivity contribution >= 4 is 34.2 Å². The van der Waals surface area contributed by atoms with Crippen molar-refractivity contribution in [2.75, 3.05) is 19.5 Å². The third-order valence-electron chi connectivity index (χ3n) is 4.19. The molecule has 1 N–H and O–H groups in total. The number of amides is 1. The first-order valence-corrected chi connectivity index (χ1v) is 9.32. The summed E-state index contributed by atoms with van der Waals surface area (Å²) in [6, 6.07) is 4.60. The molecule has 2 aromatic heterocycles. The topological polar surface area (TPSA) is 104 Å². The van der Waals surface area contributed by atoms with Crippen LogP contribution < -0.4 is 26.0 Å². The molecule has 10 heteroatoms. The van der Waals surface area contributed by atoms with E-state index in [0.29, 0.717) is 22.7 Å². The van der Waals surface area contributed by atoms with Gasteiger partial charge in [0.25, 0.3) is 5.56 Å². The van der Waals surface area contributed by atoms with E-state index in [9.17, 15) is 14.4 Å². The molecule has 9 nitrogen and oxygen atoms in total. The van der Waals surface area contributed by atoms with Crippen LogP contribution in [0, 0.1) is 0 Å². The zero-order valence-corrected chi connectivity index (χ0v) is 16.7. The van der Waals surface area contributed by atoms with Crippen LogP contribution in [0.2, 0.25) is 0 Å². The average molecular weight is 404 g/mol. The lowest BCUT2D eigenvalue weighted by Gasteiger charge is -2.14. The maximum absolute atomic E-state index is 12.8. The summed E-state index contributed by atoms with van der Waals surface area (Å²) in [6.45, 7) is 3.21. The number of hydrogen-bond acceptors (Lipinski definition) is 7. The van der Waals surface area contributed by atoms with Gasteiger partial charge in [-0.25, -0.2) is 4.79 Å². The molecule has 1 aromatic carbocycles. The predicted octanol–water partition coefficient (Wildman–Crippen LogP) is 1.86. The second-order valence-corrected chi connectivity index (χ2v) is 6.93. The fourth-order valence-corrected chi connectivity index (χ4v) is 3.54. The van der Waals surface area contributed by atoms with Gasteiger partial charge in [0, 0.05) is 23.2 Å². The summed E-state index contributed by atoms with van der Waals surface area (Å²) in [7, 11) is 3.02. The number of rotatable bonds is 6. The number of anilines is 1. The van der Waals surface area contributed by atoms with Crippen LogP contribution in [0.5, 0.6) is 11.5 Å². The van der Waals surface area contributed by atoms with Crippen LogP contribution in [0.4, 0.5) is 5.69 Å². The Labute approximate surface area is 164 Å². The molecule has 0 saturated carbocycles. The molecule has 28 heavy (non-hydrogen) atoms. The van der Waals surface area contributed by atoms with Crippen LogP contribution in [-0.4, -0.2) is 33.6 Å². The van der Waals surface area contributed by atoms with E-state index in [4.69, 9.17) is 9.47 Å². The Bertz CT molecular complexity index is 1150. The Morgan fingerprint density at radius 2 is 1.93 bits per heavy atom. The quantitative estimate of drug-likeness (QED) is 0.672. The summed E-state index contributed by atoms with van der Waals surface area (Å²) in [4.78, 5) is 37.9. The van der Waals surface area contributed by atoms with E-state index in [1.807, 2.05) is 0 Å². The molecule has 3 rings (SSSR count). The van der Waals surface area contributed by atoms with Gasteiger partial charge in [-0.3, -0.25) is 18.7 Å². The number of nitrogens with zero attached hydrogens (tertiary/aromatic N) is 3. The largest absolute Gasteiger partial charge is 0.493 e.